The van der Waals surface area contributed by atoms with Crippen LogP contribution in [0, 0.1) is 13.8 Å². The van der Waals surface area contributed by atoms with Crippen LogP contribution >= 0.6 is 11.6 Å². The first-order valence-corrected chi connectivity index (χ1v) is 12.2. The summed E-state index contributed by atoms with van der Waals surface area (Å²) < 4.78 is 84.1. The molecular weight excluding hydrogens is 518 g/mol. The third kappa shape index (κ3) is 6.41. The molecule has 200 valence electrons. The highest BCUT2D eigenvalue weighted by Gasteiger charge is 2.42. The number of hydrogen-bond acceptors (Lipinski definition) is 3. The zero-order valence-electron chi connectivity index (χ0n) is 20.4. The van der Waals surface area contributed by atoms with Crippen molar-refractivity contribution in [3.63, 3.8) is 0 Å². The Balaban J connectivity index is 1.74. The van der Waals surface area contributed by atoms with Crippen LogP contribution in [-0.2, 0) is 25.7 Å². The Kier molecular flexibility index (Phi) is 7.80. The van der Waals surface area contributed by atoms with E-state index in [9.17, 15) is 26.3 Å². The van der Waals surface area contributed by atoms with Gasteiger partial charge in [0.2, 0.25) is 5.95 Å². The molecule has 1 aliphatic heterocycles. The minimum atomic E-state index is -4.83. The van der Waals surface area contributed by atoms with Crippen molar-refractivity contribution in [1.82, 2.24) is 14.5 Å². The van der Waals surface area contributed by atoms with E-state index in [2.05, 4.69) is 4.98 Å². The number of aryl methyl sites for hydroxylation is 2. The van der Waals surface area contributed by atoms with E-state index in [-0.39, 0.29) is 31.2 Å². The van der Waals surface area contributed by atoms with Gasteiger partial charge in [-0.25, -0.2) is 4.98 Å². The van der Waals surface area contributed by atoms with Crippen LogP contribution < -0.4 is 4.90 Å². The molecule has 0 unspecified atom stereocenters. The predicted molar refractivity (Wildman–Crippen MR) is 131 cm³/mol. The topological polar surface area (TPSA) is 24.3 Å². The lowest BCUT2D eigenvalue weighted by Gasteiger charge is -2.32. The van der Waals surface area contributed by atoms with Crippen molar-refractivity contribution in [3.05, 3.63) is 75.6 Å². The van der Waals surface area contributed by atoms with Crippen molar-refractivity contribution in [2.24, 2.45) is 0 Å². The van der Waals surface area contributed by atoms with E-state index in [0.717, 1.165) is 21.6 Å². The highest BCUT2D eigenvalue weighted by atomic mass is 35.5. The standard InChI is InChI=1S/C26H27ClF6N4/c1-17-13-18(2)22(20(27)14-17)37-11-6-10-36-21(23(26(31,32)33)34-24(36)37)15-35(16-25(28,29)30)12-9-19-7-4-3-5-8-19/h3-5,7-8,13-14H,6,9-12,15-16H2,1-2H3. The van der Waals surface area contributed by atoms with E-state index in [1.165, 1.54) is 4.57 Å². The average molecular weight is 545 g/mol. The number of hydrogen-bond donors (Lipinski definition) is 0. The second kappa shape index (κ2) is 10.6. The monoisotopic (exact) mass is 544 g/mol. The lowest BCUT2D eigenvalue weighted by atomic mass is 10.1. The second-order valence-electron chi connectivity index (χ2n) is 9.34. The molecule has 3 aromatic rings. The van der Waals surface area contributed by atoms with Gasteiger partial charge in [-0.1, -0.05) is 48.0 Å². The van der Waals surface area contributed by atoms with Crippen LogP contribution in [0.4, 0.5) is 38.0 Å². The fourth-order valence-electron chi connectivity index (χ4n) is 4.86. The van der Waals surface area contributed by atoms with Gasteiger partial charge in [-0.2, -0.15) is 26.3 Å². The van der Waals surface area contributed by atoms with Crippen LogP contribution in [0.5, 0.6) is 0 Å². The minimum Gasteiger partial charge on any atom is -0.312 e. The minimum absolute atomic E-state index is 0.0393. The highest BCUT2D eigenvalue weighted by Crippen LogP contribution is 2.41. The summed E-state index contributed by atoms with van der Waals surface area (Å²) in [7, 11) is 0. The third-order valence-corrected chi connectivity index (χ3v) is 6.62. The summed E-state index contributed by atoms with van der Waals surface area (Å²) in [5, 5.41) is 0.380. The molecule has 0 saturated heterocycles. The van der Waals surface area contributed by atoms with Crippen molar-refractivity contribution in [2.45, 2.75) is 52.1 Å². The molecule has 37 heavy (non-hydrogen) atoms. The fraction of sp³-hybridized carbons (Fsp3) is 0.423. The molecule has 1 aromatic heterocycles. The summed E-state index contributed by atoms with van der Waals surface area (Å²) in [4.78, 5) is 6.60. The van der Waals surface area contributed by atoms with Crippen LogP contribution in [0.25, 0.3) is 0 Å². The second-order valence-corrected chi connectivity index (χ2v) is 9.74. The molecule has 0 amide bonds. The smallest absolute Gasteiger partial charge is 0.312 e. The molecule has 0 aliphatic carbocycles. The number of aromatic nitrogens is 2. The molecule has 11 heteroatoms. The first-order chi connectivity index (χ1) is 17.3. The summed E-state index contributed by atoms with van der Waals surface area (Å²) in [5.41, 5.74) is 1.60. The molecule has 0 radical (unpaired) electrons. The molecule has 4 rings (SSSR count). The summed E-state index contributed by atoms with van der Waals surface area (Å²) in [5.74, 6) is 0.0393. The summed E-state index contributed by atoms with van der Waals surface area (Å²) in [6.45, 7) is 2.35. The Morgan fingerprint density at radius 2 is 1.70 bits per heavy atom. The summed E-state index contributed by atoms with van der Waals surface area (Å²) in [6.07, 6.45) is -8.65. The first kappa shape index (κ1) is 27.3. The summed E-state index contributed by atoms with van der Waals surface area (Å²) in [6, 6.07) is 12.5. The first-order valence-electron chi connectivity index (χ1n) is 11.9. The third-order valence-electron chi connectivity index (χ3n) is 6.33. The van der Waals surface area contributed by atoms with Gasteiger partial charge in [0.25, 0.3) is 0 Å². The van der Waals surface area contributed by atoms with Crippen LogP contribution in [0.1, 0.15) is 34.5 Å². The van der Waals surface area contributed by atoms with E-state index >= 15 is 0 Å². The Labute approximate surface area is 216 Å². The van der Waals surface area contributed by atoms with Crippen molar-refractivity contribution >= 4 is 23.2 Å². The molecule has 0 spiro atoms. The number of nitrogens with zero attached hydrogens (tertiary/aromatic N) is 4. The van der Waals surface area contributed by atoms with Crippen LogP contribution in [0.15, 0.2) is 42.5 Å². The molecule has 0 N–H and O–H groups in total. The molecule has 0 bridgehead atoms. The maximum absolute atomic E-state index is 14.2. The van der Waals surface area contributed by atoms with Gasteiger partial charge < -0.3 is 9.47 Å². The van der Waals surface area contributed by atoms with Crippen LogP contribution in [0.2, 0.25) is 5.02 Å². The molecule has 2 aromatic carbocycles. The zero-order valence-corrected chi connectivity index (χ0v) is 21.2. The van der Waals surface area contributed by atoms with E-state index < -0.39 is 31.1 Å². The Morgan fingerprint density at radius 3 is 2.32 bits per heavy atom. The van der Waals surface area contributed by atoms with Gasteiger partial charge in [-0.05, 0) is 49.4 Å². The maximum atomic E-state index is 14.2. The SMILES string of the molecule is Cc1cc(C)c(N2CCCn3c2nc(C(F)(F)F)c3CN(CCc2ccccc2)CC(F)(F)F)c(Cl)c1. The van der Waals surface area contributed by atoms with Gasteiger partial charge in [-0.15, -0.1) is 0 Å². The number of halogens is 7. The van der Waals surface area contributed by atoms with Gasteiger partial charge in [0, 0.05) is 26.2 Å². The van der Waals surface area contributed by atoms with E-state index in [4.69, 9.17) is 11.6 Å². The molecule has 0 atom stereocenters. The number of rotatable bonds is 7. The van der Waals surface area contributed by atoms with Crippen LogP contribution in [0.3, 0.4) is 0 Å². The highest BCUT2D eigenvalue weighted by molar-refractivity contribution is 6.33. The number of benzene rings is 2. The number of imidazole rings is 1. The largest absolute Gasteiger partial charge is 0.435 e. The number of alkyl halides is 6. The van der Waals surface area contributed by atoms with Gasteiger partial charge in [0.15, 0.2) is 5.69 Å². The Hall–Kier alpha value is -2.72. The van der Waals surface area contributed by atoms with E-state index in [0.29, 0.717) is 23.7 Å². The quantitative estimate of drug-likeness (QED) is 0.291. The number of fused-ring (bicyclic) bond motifs is 1. The fourth-order valence-corrected chi connectivity index (χ4v) is 5.28. The Bertz CT molecular complexity index is 1210. The average Bonchev–Trinajstić information content (AvgIpc) is 3.16. The normalized spacial score (nSPS) is 14.4. The molecule has 2 heterocycles. The van der Waals surface area contributed by atoms with Gasteiger partial charge in [-0.3, -0.25) is 4.90 Å². The zero-order chi connectivity index (χ0) is 27.0. The molecular formula is C26H27ClF6N4. The maximum Gasteiger partial charge on any atom is 0.435 e. The van der Waals surface area contributed by atoms with Crippen molar-refractivity contribution in [1.29, 1.82) is 0 Å². The van der Waals surface area contributed by atoms with Gasteiger partial charge >= 0.3 is 12.4 Å². The number of anilines is 2. The van der Waals surface area contributed by atoms with Crippen molar-refractivity contribution in [2.75, 3.05) is 24.5 Å². The van der Waals surface area contributed by atoms with Crippen molar-refractivity contribution in [3.8, 4) is 0 Å². The van der Waals surface area contributed by atoms with Gasteiger partial charge in [0.1, 0.15) is 0 Å². The van der Waals surface area contributed by atoms with E-state index in [1.54, 1.807) is 41.3 Å². The van der Waals surface area contributed by atoms with E-state index in [1.807, 2.05) is 19.9 Å². The lowest BCUT2D eigenvalue weighted by Crippen LogP contribution is -2.37. The molecule has 0 saturated carbocycles. The van der Waals surface area contributed by atoms with Gasteiger partial charge in [0.05, 0.1) is 22.9 Å². The lowest BCUT2D eigenvalue weighted by molar-refractivity contribution is -0.149. The molecule has 1 aliphatic rings. The molecule has 4 nitrogen and oxygen atoms in total. The Morgan fingerprint density at radius 1 is 1.00 bits per heavy atom. The molecule has 0 fully saturated rings. The van der Waals surface area contributed by atoms with Crippen molar-refractivity contribution < 1.29 is 26.3 Å². The summed E-state index contributed by atoms with van der Waals surface area (Å²) >= 11 is 6.49. The predicted octanol–water partition coefficient (Wildman–Crippen LogP) is 7.32. The van der Waals surface area contributed by atoms with Crippen LogP contribution in [-0.4, -0.2) is 40.3 Å².